The largest absolute Gasteiger partial charge is 0.421 e. The molecule has 1 aliphatic carbocycles. The number of alkyl halides is 6. The number of carbonyl (C=O) groups excluding carboxylic acids is 1. The van der Waals surface area contributed by atoms with Crippen LogP contribution in [0.1, 0.15) is 48.5 Å². The van der Waals surface area contributed by atoms with Gasteiger partial charge in [0.25, 0.3) is 11.5 Å². The van der Waals surface area contributed by atoms with Crippen LogP contribution in [-0.4, -0.2) is 43.7 Å². The van der Waals surface area contributed by atoms with Crippen LogP contribution in [0.2, 0.25) is 5.15 Å². The van der Waals surface area contributed by atoms with Gasteiger partial charge in [-0.05, 0) is 32.6 Å². The Morgan fingerprint density at radius 3 is 2.29 bits per heavy atom. The summed E-state index contributed by atoms with van der Waals surface area (Å²) in [5.74, 6) is -0.744. The van der Waals surface area contributed by atoms with Crippen LogP contribution in [0.15, 0.2) is 17.1 Å². The van der Waals surface area contributed by atoms with Crippen LogP contribution >= 0.6 is 11.6 Å². The third kappa shape index (κ3) is 6.42. The van der Waals surface area contributed by atoms with E-state index in [1.165, 1.54) is 6.92 Å². The molecule has 0 spiro atoms. The Labute approximate surface area is 194 Å². The molecule has 1 amide bonds. The molecule has 2 N–H and O–H groups in total. The smallest absolute Gasteiger partial charge is 0.366 e. The molecule has 0 bridgehead atoms. The van der Waals surface area contributed by atoms with Crippen LogP contribution in [0.4, 0.5) is 32.2 Å². The van der Waals surface area contributed by atoms with Gasteiger partial charge in [0, 0.05) is 30.9 Å². The summed E-state index contributed by atoms with van der Waals surface area (Å²) < 4.78 is 78.3. The molecule has 2 heterocycles. The first kappa shape index (κ1) is 25.8. The standard InChI is InChI=1S/C19H21ClF6N6O2/c1-2-32-17(34)13(19(24,25)26)7-14(29-32)27-10-3-5-11(6-4-10)28-16(33)12-8-31(30-15(12)20)9-18(21,22)23/h7-8,10-11H,2-6,9H2,1H3,(H,27,29)(H,28,33). The minimum atomic E-state index is -4.81. The number of aromatic nitrogens is 4. The molecule has 15 heteroatoms. The van der Waals surface area contributed by atoms with E-state index in [0.717, 1.165) is 10.9 Å². The Balaban J connectivity index is 1.59. The van der Waals surface area contributed by atoms with Gasteiger partial charge in [0.1, 0.15) is 17.9 Å². The van der Waals surface area contributed by atoms with Gasteiger partial charge >= 0.3 is 12.4 Å². The van der Waals surface area contributed by atoms with Gasteiger partial charge < -0.3 is 10.6 Å². The minimum absolute atomic E-state index is 0.0294. The van der Waals surface area contributed by atoms with Crippen LogP contribution in [0.25, 0.3) is 0 Å². The van der Waals surface area contributed by atoms with Crippen LogP contribution in [0.3, 0.4) is 0 Å². The van der Waals surface area contributed by atoms with E-state index in [1.807, 2.05) is 0 Å². The molecule has 188 valence electrons. The second-order valence-electron chi connectivity index (χ2n) is 7.87. The van der Waals surface area contributed by atoms with Crippen molar-refractivity contribution in [2.24, 2.45) is 0 Å². The normalized spacial score (nSPS) is 19.2. The predicted molar refractivity (Wildman–Crippen MR) is 110 cm³/mol. The molecular formula is C19H21ClF6N6O2. The number of hydrogen-bond donors (Lipinski definition) is 2. The summed E-state index contributed by atoms with van der Waals surface area (Å²) in [4.78, 5) is 24.3. The molecule has 0 atom stereocenters. The Kier molecular flexibility index (Phi) is 7.48. The van der Waals surface area contributed by atoms with Crippen molar-refractivity contribution >= 4 is 23.3 Å². The topological polar surface area (TPSA) is 93.8 Å². The molecular weight excluding hydrogens is 494 g/mol. The quantitative estimate of drug-likeness (QED) is 0.571. The molecule has 2 aromatic heterocycles. The highest BCUT2D eigenvalue weighted by Gasteiger charge is 2.36. The number of aryl methyl sites for hydroxylation is 1. The molecule has 2 aromatic rings. The lowest BCUT2D eigenvalue weighted by Crippen LogP contribution is -2.40. The van der Waals surface area contributed by atoms with Gasteiger partial charge in [-0.1, -0.05) is 11.6 Å². The summed E-state index contributed by atoms with van der Waals surface area (Å²) in [5.41, 5.74) is -2.71. The molecule has 34 heavy (non-hydrogen) atoms. The van der Waals surface area contributed by atoms with Gasteiger partial charge in [0.05, 0.1) is 5.56 Å². The van der Waals surface area contributed by atoms with E-state index in [0.29, 0.717) is 36.4 Å². The first-order chi connectivity index (χ1) is 15.8. The fraction of sp³-hybridized carbons (Fsp3) is 0.579. The van der Waals surface area contributed by atoms with Crippen molar-refractivity contribution in [3.05, 3.63) is 38.9 Å². The van der Waals surface area contributed by atoms with E-state index in [2.05, 4.69) is 20.8 Å². The zero-order chi connectivity index (χ0) is 25.3. The van der Waals surface area contributed by atoms with E-state index in [9.17, 15) is 35.9 Å². The molecule has 3 rings (SSSR count). The van der Waals surface area contributed by atoms with Gasteiger partial charge in [0.15, 0.2) is 5.15 Å². The summed E-state index contributed by atoms with van der Waals surface area (Å²) in [6.07, 6.45) is -6.56. The van der Waals surface area contributed by atoms with Gasteiger partial charge in [-0.2, -0.15) is 36.5 Å². The summed E-state index contributed by atoms with van der Waals surface area (Å²) in [6.45, 7) is 0.0931. The van der Waals surface area contributed by atoms with Gasteiger partial charge in [-0.15, -0.1) is 0 Å². The van der Waals surface area contributed by atoms with Crippen LogP contribution in [0.5, 0.6) is 0 Å². The second-order valence-corrected chi connectivity index (χ2v) is 8.23. The zero-order valence-electron chi connectivity index (χ0n) is 17.8. The Bertz CT molecular complexity index is 1090. The Morgan fingerprint density at radius 1 is 1.12 bits per heavy atom. The number of carbonyl (C=O) groups is 1. The molecule has 0 radical (unpaired) electrons. The van der Waals surface area contributed by atoms with Crippen molar-refractivity contribution in [2.45, 2.75) is 70.1 Å². The van der Waals surface area contributed by atoms with E-state index in [-0.39, 0.29) is 35.2 Å². The lowest BCUT2D eigenvalue weighted by atomic mass is 9.91. The van der Waals surface area contributed by atoms with Crippen LogP contribution in [-0.2, 0) is 19.3 Å². The number of hydrogen-bond acceptors (Lipinski definition) is 5. The molecule has 0 saturated heterocycles. The maximum Gasteiger partial charge on any atom is 0.421 e. The average molecular weight is 515 g/mol. The van der Waals surface area contributed by atoms with E-state index in [1.54, 1.807) is 0 Å². The Morgan fingerprint density at radius 2 is 1.74 bits per heavy atom. The summed E-state index contributed by atoms with van der Waals surface area (Å²) in [6, 6.07) is 0.127. The van der Waals surface area contributed by atoms with Crippen molar-refractivity contribution in [1.82, 2.24) is 24.9 Å². The minimum Gasteiger partial charge on any atom is -0.366 e. The van der Waals surface area contributed by atoms with Gasteiger partial charge in [-0.25, -0.2) is 4.68 Å². The maximum absolute atomic E-state index is 13.2. The maximum atomic E-state index is 13.2. The summed E-state index contributed by atoms with van der Waals surface area (Å²) in [5, 5.41) is 12.7. The lowest BCUT2D eigenvalue weighted by Gasteiger charge is -2.30. The monoisotopic (exact) mass is 514 g/mol. The van der Waals surface area contributed by atoms with Crippen LogP contribution < -0.4 is 16.2 Å². The number of rotatable bonds is 6. The van der Waals surface area contributed by atoms with E-state index < -0.39 is 35.9 Å². The molecule has 1 saturated carbocycles. The highest BCUT2D eigenvalue weighted by Crippen LogP contribution is 2.29. The summed E-state index contributed by atoms with van der Waals surface area (Å²) in [7, 11) is 0. The third-order valence-electron chi connectivity index (χ3n) is 5.30. The number of amides is 1. The van der Waals surface area contributed by atoms with Crippen molar-refractivity contribution in [1.29, 1.82) is 0 Å². The van der Waals surface area contributed by atoms with Crippen molar-refractivity contribution in [2.75, 3.05) is 5.32 Å². The zero-order valence-corrected chi connectivity index (χ0v) is 18.6. The molecule has 0 unspecified atom stereocenters. The Hall–Kier alpha value is -2.77. The molecule has 1 fully saturated rings. The van der Waals surface area contributed by atoms with Gasteiger partial charge in [-0.3, -0.25) is 14.3 Å². The number of nitrogens with zero attached hydrogens (tertiary/aromatic N) is 4. The molecule has 0 aliphatic heterocycles. The molecule has 8 nitrogen and oxygen atoms in total. The first-order valence-electron chi connectivity index (χ1n) is 10.3. The second kappa shape index (κ2) is 9.84. The summed E-state index contributed by atoms with van der Waals surface area (Å²) >= 11 is 5.80. The fourth-order valence-electron chi connectivity index (χ4n) is 3.70. The number of nitrogens with one attached hydrogen (secondary N) is 2. The van der Waals surface area contributed by atoms with Crippen LogP contribution in [0, 0.1) is 0 Å². The fourth-order valence-corrected chi connectivity index (χ4v) is 3.93. The van der Waals surface area contributed by atoms with E-state index >= 15 is 0 Å². The number of anilines is 1. The van der Waals surface area contributed by atoms with Crippen molar-refractivity contribution in [3.63, 3.8) is 0 Å². The highest BCUT2D eigenvalue weighted by molar-refractivity contribution is 6.32. The number of halogens is 7. The predicted octanol–water partition coefficient (Wildman–Crippen LogP) is 3.85. The first-order valence-corrected chi connectivity index (χ1v) is 10.7. The van der Waals surface area contributed by atoms with Crippen molar-refractivity contribution in [3.8, 4) is 0 Å². The van der Waals surface area contributed by atoms with Gasteiger partial charge in [0.2, 0.25) is 0 Å². The average Bonchev–Trinajstić information content (AvgIpc) is 3.08. The third-order valence-corrected chi connectivity index (χ3v) is 5.58. The molecule has 0 aromatic carbocycles. The van der Waals surface area contributed by atoms with E-state index in [4.69, 9.17) is 11.6 Å². The SMILES string of the molecule is CCn1nc(NC2CCC(NC(=O)c3cn(CC(F)(F)F)nc3Cl)CC2)cc(C(F)(F)F)c1=O. The van der Waals surface area contributed by atoms with Crippen molar-refractivity contribution < 1.29 is 31.1 Å². The highest BCUT2D eigenvalue weighted by atomic mass is 35.5. The molecule has 1 aliphatic rings. The lowest BCUT2D eigenvalue weighted by molar-refractivity contribution is -0.142.